The molecule has 0 aromatic heterocycles. The third-order valence-electron chi connectivity index (χ3n) is 2.58. The summed E-state index contributed by atoms with van der Waals surface area (Å²) in [7, 11) is 0. The van der Waals surface area contributed by atoms with Crippen LogP contribution in [0.15, 0.2) is 0 Å². The molecular weight excluding hydrogens is 170 g/mol. The van der Waals surface area contributed by atoms with Gasteiger partial charge < -0.3 is 10.0 Å². The van der Waals surface area contributed by atoms with E-state index in [1.165, 1.54) is 0 Å². The van der Waals surface area contributed by atoms with Gasteiger partial charge in [0.15, 0.2) is 0 Å². The number of carboxylic acids is 1. The van der Waals surface area contributed by atoms with Crippen LogP contribution < -0.4 is 0 Å². The number of nitrogens with zero attached hydrogens (tertiary/aromatic N) is 1. The molecule has 1 atom stereocenters. The van der Waals surface area contributed by atoms with Gasteiger partial charge in [-0.3, -0.25) is 9.59 Å². The van der Waals surface area contributed by atoms with Gasteiger partial charge in [-0.05, 0) is 6.42 Å². The zero-order valence-corrected chi connectivity index (χ0v) is 7.99. The Bertz CT molecular complexity index is 221. The molecule has 13 heavy (non-hydrogen) atoms. The van der Waals surface area contributed by atoms with Crippen LogP contribution >= 0.6 is 0 Å². The number of carboxylic acid groups (broad SMARTS) is 1. The smallest absolute Gasteiger partial charge is 0.310 e. The van der Waals surface area contributed by atoms with Gasteiger partial charge >= 0.3 is 5.97 Å². The summed E-state index contributed by atoms with van der Waals surface area (Å²) in [5, 5.41) is 8.59. The summed E-state index contributed by atoms with van der Waals surface area (Å²) in [5.41, 5.74) is 0. The second-order valence-corrected chi connectivity index (χ2v) is 3.59. The minimum absolute atomic E-state index is 0.0229. The maximum atomic E-state index is 11.5. The molecule has 74 valence electrons. The Morgan fingerprint density at radius 2 is 2.08 bits per heavy atom. The molecular formula is C9H15NO3. The van der Waals surface area contributed by atoms with Crippen LogP contribution in [0.2, 0.25) is 0 Å². The molecule has 0 radical (unpaired) electrons. The Balaban J connectivity index is 2.35. The number of amides is 1. The summed E-state index contributed by atoms with van der Waals surface area (Å²) < 4.78 is 0. The van der Waals surface area contributed by atoms with Crippen molar-refractivity contribution in [3.8, 4) is 0 Å². The Kier molecular flexibility index (Phi) is 2.90. The van der Waals surface area contributed by atoms with Crippen molar-refractivity contribution < 1.29 is 14.7 Å². The highest BCUT2D eigenvalue weighted by atomic mass is 16.4. The van der Waals surface area contributed by atoms with E-state index in [4.69, 9.17) is 5.11 Å². The second-order valence-electron chi connectivity index (χ2n) is 3.59. The van der Waals surface area contributed by atoms with E-state index < -0.39 is 5.97 Å². The van der Waals surface area contributed by atoms with Gasteiger partial charge in [0, 0.05) is 19.0 Å². The van der Waals surface area contributed by atoms with E-state index >= 15 is 0 Å². The lowest BCUT2D eigenvalue weighted by Crippen LogP contribution is -2.54. The molecule has 1 unspecified atom stereocenters. The van der Waals surface area contributed by atoms with Gasteiger partial charge in [0.25, 0.3) is 0 Å². The van der Waals surface area contributed by atoms with Gasteiger partial charge in [-0.2, -0.15) is 0 Å². The fourth-order valence-corrected chi connectivity index (χ4v) is 1.30. The van der Waals surface area contributed by atoms with E-state index in [1.807, 2.05) is 13.8 Å². The standard InChI is InChI=1S/C9H15NO3/c1-3-6(2)8(11)10-4-7(5-10)9(12)13/h6-7H,3-5H2,1-2H3,(H,12,13). The van der Waals surface area contributed by atoms with Crippen molar-refractivity contribution in [2.24, 2.45) is 11.8 Å². The van der Waals surface area contributed by atoms with Gasteiger partial charge in [-0.15, -0.1) is 0 Å². The summed E-state index contributed by atoms with van der Waals surface area (Å²) in [6.45, 7) is 4.60. The Morgan fingerprint density at radius 1 is 1.54 bits per heavy atom. The molecule has 1 N–H and O–H groups in total. The second kappa shape index (κ2) is 3.77. The predicted octanol–water partition coefficient (Wildman–Crippen LogP) is 0.575. The topological polar surface area (TPSA) is 57.6 Å². The van der Waals surface area contributed by atoms with Crippen LogP contribution in [0.3, 0.4) is 0 Å². The van der Waals surface area contributed by atoms with Crippen LogP contribution in [-0.2, 0) is 9.59 Å². The zero-order chi connectivity index (χ0) is 10.0. The monoisotopic (exact) mass is 185 g/mol. The van der Waals surface area contributed by atoms with Crippen molar-refractivity contribution in [1.82, 2.24) is 4.90 Å². The van der Waals surface area contributed by atoms with Crippen LogP contribution in [0.4, 0.5) is 0 Å². The summed E-state index contributed by atoms with van der Waals surface area (Å²) >= 11 is 0. The van der Waals surface area contributed by atoms with Gasteiger partial charge in [0.2, 0.25) is 5.91 Å². The molecule has 0 aliphatic carbocycles. The van der Waals surface area contributed by atoms with Crippen LogP contribution in [0, 0.1) is 11.8 Å². The first kappa shape index (κ1) is 10.0. The van der Waals surface area contributed by atoms with Crippen molar-refractivity contribution in [1.29, 1.82) is 0 Å². The fourth-order valence-electron chi connectivity index (χ4n) is 1.30. The predicted molar refractivity (Wildman–Crippen MR) is 47.2 cm³/mol. The van der Waals surface area contributed by atoms with Crippen LogP contribution in [-0.4, -0.2) is 35.0 Å². The number of rotatable bonds is 3. The van der Waals surface area contributed by atoms with Crippen molar-refractivity contribution in [3.63, 3.8) is 0 Å². The molecule has 1 amide bonds. The molecule has 0 aromatic carbocycles. The first-order valence-electron chi connectivity index (χ1n) is 4.57. The number of carbonyl (C=O) groups excluding carboxylic acids is 1. The van der Waals surface area contributed by atoms with Crippen molar-refractivity contribution in [3.05, 3.63) is 0 Å². The molecule has 1 heterocycles. The quantitative estimate of drug-likeness (QED) is 0.699. The average molecular weight is 185 g/mol. The summed E-state index contributed by atoms with van der Waals surface area (Å²) in [4.78, 5) is 23.5. The molecule has 1 aliphatic heterocycles. The first-order valence-corrected chi connectivity index (χ1v) is 4.57. The van der Waals surface area contributed by atoms with Crippen LogP contribution in [0.1, 0.15) is 20.3 Å². The van der Waals surface area contributed by atoms with Crippen LogP contribution in [0.5, 0.6) is 0 Å². The van der Waals surface area contributed by atoms with E-state index in [2.05, 4.69) is 0 Å². The molecule has 0 bridgehead atoms. The number of hydrogen-bond acceptors (Lipinski definition) is 2. The molecule has 1 aliphatic rings. The highest BCUT2D eigenvalue weighted by Crippen LogP contribution is 2.19. The van der Waals surface area contributed by atoms with Crippen molar-refractivity contribution in [2.75, 3.05) is 13.1 Å². The Labute approximate surface area is 77.5 Å². The highest BCUT2D eigenvalue weighted by molar-refractivity contribution is 5.82. The zero-order valence-electron chi connectivity index (χ0n) is 7.99. The molecule has 4 nitrogen and oxygen atoms in total. The normalized spacial score (nSPS) is 19.4. The van der Waals surface area contributed by atoms with Gasteiger partial charge in [0.1, 0.15) is 0 Å². The van der Waals surface area contributed by atoms with E-state index in [9.17, 15) is 9.59 Å². The fraction of sp³-hybridized carbons (Fsp3) is 0.778. The molecule has 0 saturated carbocycles. The number of likely N-dealkylation sites (tertiary alicyclic amines) is 1. The summed E-state index contributed by atoms with van der Waals surface area (Å²) in [6.07, 6.45) is 0.813. The molecule has 1 rings (SSSR count). The first-order chi connectivity index (χ1) is 6.06. The largest absolute Gasteiger partial charge is 0.481 e. The molecule has 4 heteroatoms. The van der Waals surface area contributed by atoms with E-state index in [-0.39, 0.29) is 17.7 Å². The highest BCUT2D eigenvalue weighted by Gasteiger charge is 2.36. The third kappa shape index (κ3) is 1.99. The minimum Gasteiger partial charge on any atom is -0.481 e. The van der Waals surface area contributed by atoms with E-state index in [1.54, 1.807) is 4.90 Å². The van der Waals surface area contributed by atoms with Gasteiger partial charge in [-0.25, -0.2) is 0 Å². The van der Waals surface area contributed by atoms with E-state index in [0.717, 1.165) is 6.42 Å². The van der Waals surface area contributed by atoms with Crippen LogP contribution in [0.25, 0.3) is 0 Å². The van der Waals surface area contributed by atoms with Crippen molar-refractivity contribution in [2.45, 2.75) is 20.3 Å². The average Bonchev–Trinajstić information content (AvgIpc) is 1.99. The number of aliphatic carboxylic acids is 1. The SMILES string of the molecule is CCC(C)C(=O)N1CC(C(=O)O)C1. The molecule has 1 fully saturated rings. The van der Waals surface area contributed by atoms with Gasteiger partial charge in [0.05, 0.1) is 5.92 Å². The maximum Gasteiger partial charge on any atom is 0.310 e. The summed E-state index contributed by atoms with van der Waals surface area (Å²) in [5.74, 6) is -1.03. The molecule has 0 spiro atoms. The number of carbonyl (C=O) groups is 2. The number of hydrogen-bond donors (Lipinski definition) is 1. The maximum absolute atomic E-state index is 11.5. The minimum atomic E-state index is -0.798. The Morgan fingerprint density at radius 3 is 2.46 bits per heavy atom. The third-order valence-corrected chi connectivity index (χ3v) is 2.58. The van der Waals surface area contributed by atoms with E-state index in [0.29, 0.717) is 13.1 Å². The summed E-state index contributed by atoms with van der Waals surface area (Å²) in [6, 6.07) is 0. The Hall–Kier alpha value is -1.06. The lowest BCUT2D eigenvalue weighted by molar-refractivity contribution is -0.154. The van der Waals surface area contributed by atoms with Gasteiger partial charge in [-0.1, -0.05) is 13.8 Å². The molecule has 1 saturated heterocycles. The lowest BCUT2D eigenvalue weighted by Gasteiger charge is -2.38. The van der Waals surface area contributed by atoms with Crippen molar-refractivity contribution >= 4 is 11.9 Å². The molecule has 0 aromatic rings. The lowest BCUT2D eigenvalue weighted by atomic mass is 9.97.